The Hall–Kier alpha value is -3.16. The van der Waals surface area contributed by atoms with Crippen LogP contribution in [-0.4, -0.2) is 34.6 Å². The largest absolute Gasteiger partial charge is 0.365 e. The van der Waals surface area contributed by atoms with Gasteiger partial charge in [-0.15, -0.1) is 0 Å². The van der Waals surface area contributed by atoms with Gasteiger partial charge in [0, 0.05) is 24.2 Å². The lowest BCUT2D eigenvalue weighted by atomic mass is 9.96. The van der Waals surface area contributed by atoms with Crippen LogP contribution >= 0.6 is 0 Å². The smallest absolute Gasteiger partial charge is 0.269 e. The van der Waals surface area contributed by atoms with E-state index in [1.54, 1.807) is 36.4 Å². The molecular formula is C30H32F2N2O3. The SMILES string of the molecule is O=[N+]([O-])c1ccc(CCCCN2C3CCC2CC(OC(c2ccc(F)cc2)c2ccc(F)cc2)C3)cc1. The molecule has 0 aliphatic carbocycles. The fourth-order valence-corrected chi connectivity index (χ4v) is 5.93. The second kappa shape index (κ2) is 11.5. The Balaban J connectivity index is 1.17. The van der Waals surface area contributed by atoms with E-state index >= 15 is 0 Å². The van der Waals surface area contributed by atoms with Crippen molar-refractivity contribution >= 4 is 5.69 Å². The lowest BCUT2D eigenvalue weighted by Gasteiger charge is -2.40. The molecule has 3 aromatic rings. The lowest BCUT2D eigenvalue weighted by molar-refractivity contribution is -0.384. The summed E-state index contributed by atoms with van der Waals surface area (Å²) in [5.41, 5.74) is 3.00. The monoisotopic (exact) mass is 506 g/mol. The van der Waals surface area contributed by atoms with E-state index in [2.05, 4.69) is 4.90 Å². The number of nitro benzene ring substituents is 1. The Morgan fingerprint density at radius 2 is 1.38 bits per heavy atom. The first-order chi connectivity index (χ1) is 18.0. The second-order valence-corrected chi connectivity index (χ2v) is 10.2. The normalized spacial score (nSPS) is 21.4. The molecule has 194 valence electrons. The van der Waals surface area contributed by atoms with Crippen molar-refractivity contribution in [2.45, 2.75) is 69.2 Å². The van der Waals surface area contributed by atoms with E-state index < -0.39 is 0 Å². The van der Waals surface area contributed by atoms with Gasteiger partial charge in [0.1, 0.15) is 17.7 Å². The Morgan fingerprint density at radius 1 is 0.838 bits per heavy atom. The van der Waals surface area contributed by atoms with Crippen LogP contribution in [0.5, 0.6) is 0 Å². The molecule has 3 aromatic carbocycles. The fraction of sp³-hybridized carbons (Fsp3) is 0.400. The average molecular weight is 507 g/mol. The summed E-state index contributed by atoms with van der Waals surface area (Å²) >= 11 is 0. The van der Waals surface area contributed by atoms with E-state index in [1.807, 2.05) is 12.1 Å². The highest BCUT2D eigenvalue weighted by Crippen LogP contribution is 2.40. The molecule has 2 unspecified atom stereocenters. The third-order valence-electron chi connectivity index (χ3n) is 7.79. The van der Waals surface area contributed by atoms with Crippen molar-refractivity contribution in [3.8, 4) is 0 Å². The Bertz CT molecular complexity index is 1130. The average Bonchev–Trinajstić information content (AvgIpc) is 3.14. The molecule has 0 radical (unpaired) electrons. The highest BCUT2D eigenvalue weighted by molar-refractivity contribution is 5.33. The fourth-order valence-electron chi connectivity index (χ4n) is 5.93. The van der Waals surface area contributed by atoms with Crippen molar-refractivity contribution in [2.24, 2.45) is 0 Å². The maximum atomic E-state index is 13.6. The van der Waals surface area contributed by atoms with Gasteiger partial charge in [0.15, 0.2) is 0 Å². The number of nitrogens with zero attached hydrogens (tertiary/aromatic N) is 2. The zero-order valence-electron chi connectivity index (χ0n) is 20.8. The summed E-state index contributed by atoms with van der Waals surface area (Å²) in [7, 11) is 0. The number of fused-ring (bicyclic) bond motifs is 2. The first kappa shape index (κ1) is 25.5. The number of piperidine rings is 1. The van der Waals surface area contributed by atoms with Crippen LogP contribution in [0, 0.1) is 21.7 Å². The molecule has 2 bridgehead atoms. The highest BCUT2D eigenvalue weighted by atomic mass is 19.1. The first-order valence-electron chi connectivity index (χ1n) is 13.1. The third-order valence-corrected chi connectivity index (χ3v) is 7.79. The van der Waals surface area contributed by atoms with Gasteiger partial charge in [-0.2, -0.15) is 0 Å². The lowest BCUT2D eigenvalue weighted by Crippen LogP contribution is -2.46. The molecular weight excluding hydrogens is 474 g/mol. The number of halogens is 2. The number of nitro groups is 1. The van der Waals surface area contributed by atoms with Crippen molar-refractivity contribution in [3.63, 3.8) is 0 Å². The molecule has 7 heteroatoms. The maximum absolute atomic E-state index is 13.6. The third kappa shape index (κ3) is 6.22. The van der Waals surface area contributed by atoms with E-state index in [4.69, 9.17) is 4.74 Å². The van der Waals surface area contributed by atoms with Crippen LogP contribution in [0.1, 0.15) is 61.3 Å². The number of non-ortho nitro benzene ring substituents is 1. The number of hydrogen-bond donors (Lipinski definition) is 0. The van der Waals surface area contributed by atoms with Crippen molar-refractivity contribution in [2.75, 3.05) is 6.54 Å². The minimum absolute atomic E-state index is 0.0916. The first-order valence-corrected chi connectivity index (χ1v) is 13.1. The zero-order chi connectivity index (χ0) is 25.8. The summed E-state index contributed by atoms with van der Waals surface area (Å²) in [4.78, 5) is 13.1. The van der Waals surface area contributed by atoms with Gasteiger partial charge < -0.3 is 4.74 Å². The van der Waals surface area contributed by atoms with Gasteiger partial charge >= 0.3 is 0 Å². The molecule has 5 rings (SSSR count). The van der Waals surface area contributed by atoms with Crippen LogP contribution in [0.3, 0.4) is 0 Å². The van der Waals surface area contributed by atoms with Gasteiger partial charge in [-0.3, -0.25) is 15.0 Å². The number of aryl methyl sites for hydroxylation is 1. The molecule has 2 heterocycles. The number of rotatable bonds is 10. The molecule has 2 aliphatic heterocycles. The van der Waals surface area contributed by atoms with Crippen LogP contribution in [0.15, 0.2) is 72.8 Å². The number of benzene rings is 3. The second-order valence-electron chi connectivity index (χ2n) is 10.2. The number of unbranched alkanes of at least 4 members (excludes halogenated alkanes) is 1. The molecule has 0 spiro atoms. The highest BCUT2D eigenvalue weighted by Gasteiger charge is 2.41. The number of ether oxygens (including phenoxy) is 1. The van der Waals surface area contributed by atoms with Crippen molar-refractivity contribution in [3.05, 3.63) is 111 Å². The molecule has 0 saturated carbocycles. The van der Waals surface area contributed by atoms with Crippen molar-refractivity contribution < 1.29 is 18.4 Å². The van der Waals surface area contributed by atoms with Gasteiger partial charge in [0.25, 0.3) is 5.69 Å². The maximum Gasteiger partial charge on any atom is 0.269 e. The summed E-state index contributed by atoms with van der Waals surface area (Å²) in [6, 6.07) is 20.6. The quantitative estimate of drug-likeness (QED) is 0.169. The number of hydrogen-bond acceptors (Lipinski definition) is 4. The van der Waals surface area contributed by atoms with Gasteiger partial charge in [-0.1, -0.05) is 36.4 Å². The van der Waals surface area contributed by atoms with E-state index in [0.29, 0.717) is 12.1 Å². The minimum atomic E-state index is -0.367. The molecule has 5 nitrogen and oxygen atoms in total. The van der Waals surface area contributed by atoms with Gasteiger partial charge in [-0.25, -0.2) is 8.78 Å². The Kier molecular flexibility index (Phi) is 7.91. The summed E-state index contributed by atoms with van der Waals surface area (Å²) in [5, 5.41) is 10.8. The predicted molar refractivity (Wildman–Crippen MR) is 138 cm³/mol. The van der Waals surface area contributed by atoms with E-state index in [0.717, 1.165) is 55.3 Å². The van der Waals surface area contributed by atoms with Crippen LogP contribution < -0.4 is 0 Å². The Labute approximate surface area is 216 Å². The molecule has 0 amide bonds. The standard InChI is InChI=1S/C30H32F2N2O3/c31-24-10-6-22(7-11-24)30(23-8-12-25(32)13-9-23)37-29-19-27-16-17-28(20-29)33(27)18-2-1-3-21-4-14-26(15-5-21)34(35)36/h4-15,27-30H,1-3,16-20H2. The van der Waals surface area contributed by atoms with Gasteiger partial charge in [-0.05, 0) is 92.4 Å². The van der Waals surface area contributed by atoms with Crippen LogP contribution in [-0.2, 0) is 11.2 Å². The summed E-state index contributed by atoms with van der Waals surface area (Å²) in [5.74, 6) is -0.580. The Morgan fingerprint density at radius 3 is 1.89 bits per heavy atom. The van der Waals surface area contributed by atoms with Crippen LogP contribution in [0.25, 0.3) is 0 Å². The summed E-state index contributed by atoms with van der Waals surface area (Å²) in [6.45, 7) is 1.05. The van der Waals surface area contributed by atoms with Crippen LogP contribution in [0.2, 0.25) is 0 Å². The summed E-state index contributed by atoms with van der Waals surface area (Å²) in [6.07, 6.45) is 7.04. The molecule has 0 N–H and O–H groups in total. The van der Waals surface area contributed by atoms with Crippen LogP contribution in [0.4, 0.5) is 14.5 Å². The molecule has 2 saturated heterocycles. The zero-order valence-corrected chi connectivity index (χ0v) is 20.8. The molecule has 37 heavy (non-hydrogen) atoms. The van der Waals surface area contributed by atoms with Gasteiger partial charge in [0.2, 0.25) is 0 Å². The van der Waals surface area contributed by atoms with Crippen molar-refractivity contribution in [1.82, 2.24) is 4.90 Å². The predicted octanol–water partition coefficient (Wildman–Crippen LogP) is 7.00. The molecule has 2 fully saturated rings. The topological polar surface area (TPSA) is 55.6 Å². The minimum Gasteiger partial charge on any atom is -0.365 e. The van der Waals surface area contributed by atoms with Gasteiger partial charge in [0.05, 0.1) is 11.0 Å². The van der Waals surface area contributed by atoms with E-state index in [1.165, 1.54) is 37.1 Å². The summed E-state index contributed by atoms with van der Waals surface area (Å²) < 4.78 is 33.8. The molecule has 2 aliphatic rings. The van der Waals surface area contributed by atoms with E-state index in [9.17, 15) is 18.9 Å². The van der Waals surface area contributed by atoms with E-state index in [-0.39, 0.29) is 34.5 Å². The molecule has 2 atom stereocenters. The van der Waals surface area contributed by atoms with Crippen molar-refractivity contribution in [1.29, 1.82) is 0 Å². The molecule has 0 aromatic heterocycles.